The molecule has 0 unspecified atom stereocenters. The van der Waals surface area contributed by atoms with Gasteiger partial charge in [0.25, 0.3) is 0 Å². The average Bonchev–Trinajstić information content (AvgIpc) is 2.95. The Hall–Kier alpha value is -2.25. The topological polar surface area (TPSA) is 59.0 Å². The Morgan fingerprint density at radius 2 is 1.88 bits per heavy atom. The van der Waals surface area contributed by atoms with Gasteiger partial charge in [0.1, 0.15) is 0 Å². The average molecular weight is 464 g/mol. The van der Waals surface area contributed by atoms with E-state index >= 15 is 0 Å². The number of rotatable bonds is 3. The van der Waals surface area contributed by atoms with Crippen molar-refractivity contribution >= 4 is 55.3 Å². The lowest BCUT2D eigenvalue weighted by Crippen LogP contribution is -2.23. The van der Waals surface area contributed by atoms with Crippen LogP contribution in [0, 0.1) is 0 Å². The van der Waals surface area contributed by atoms with Crippen LogP contribution in [-0.4, -0.2) is 17.8 Å². The van der Waals surface area contributed by atoms with Crippen molar-refractivity contribution in [2.75, 3.05) is 4.90 Å². The summed E-state index contributed by atoms with van der Waals surface area (Å²) in [5, 5.41) is 0. The SMILES string of the molecule is CC(=O)N(/C=C1\N=C(c2ccccc2)OC1=O)c1ccc(Br)cc1Br. The first kappa shape index (κ1) is 17.6. The molecule has 1 amide bonds. The second-order valence-corrected chi connectivity index (χ2v) is 6.94. The van der Waals surface area contributed by atoms with Crippen LogP contribution in [-0.2, 0) is 14.3 Å². The van der Waals surface area contributed by atoms with Crippen LogP contribution in [0.5, 0.6) is 0 Å². The van der Waals surface area contributed by atoms with Crippen LogP contribution in [0.15, 0.2) is 74.4 Å². The summed E-state index contributed by atoms with van der Waals surface area (Å²) in [6, 6.07) is 14.5. The zero-order valence-corrected chi connectivity index (χ0v) is 16.2. The fourth-order valence-electron chi connectivity index (χ4n) is 2.23. The van der Waals surface area contributed by atoms with Gasteiger partial charge in [-0.25, -0.2) is 9.79 Å². The minimum atomic E-state index is -0.599. The second kappa shape index (κ2) is 7.33. The molecular formula is C18H12Br2N2O3. The van der Waals surface area contributed by atoms with E-state index in [0.29, 0.717) is 15.7 Å². The van der Waals surface area contributed by atoms with Crippen molar-refractivity contribution in [1.82, 2.24) is 0 Å². The summed E-state index contributed by atoms with van der Waals surface area (Å²) in [5.41, 5.74) is 1.35. The first-order chi connectivity index (χ1) is 12.0. The molecule has 1 aliphatic heterocycles. The molecule has 5 nitrogen and oxygen atoms in total. The van der Waals surface area contributed by atoms with E-state index in [2.05, 4.69) is 36.9 Å². The number of nitrogens with zero attached hydrogens (tertiary/aromatic N) is 2. The number of hydrogen-bond donors (Lipinski definition) is 0. The van der Waals surface area contributed by atoms with Gasteiger partial charge >= 0.3 is 5.97 Å². The summed E-state index contributed by atoms with van der Waals surface area (Å²) in [5.74, 6) is -0.639. The molecule has 0 spiro atoms. The number of esters is 1. The van der Waals surface area contributed by atoms with Crippen molar-refractivity contribution in [3.8, 4) is 0 Å². The summed E-state index contributed by atoms with van der Waals surface area (Å²) in [6.07, 6.45) is 1.38. The van der Waals surface area contributed by atoms with Crippen LogP contribution < -0.4 is 4.90 Å². The molecule has 0 aromatic heterocycles. The quantitative estimate of drug-likeness (QED) is 0.500. The normalized spacial score (nSPS) is 15.1. The number of amides is 1. The molecule has 0 bridgehead atoms. The van der Waals surface area contributed by atoms with Crippen molar-refractivity contribution in [3.63, 3.8) is 0 Å². The molecule has 0 aliphatic carbocycles. The van der Waals surface area contributed by atoms with E-state index in [1.807, 2.05) is 24.3 Å². The molecule has 2 aromatic carbocycles. The van der Waals surface area contributed by atoms with Gasteiger partial charge in [0, 0.05) is 27.6 Å². The summed E-state index contributed by atoms with van der Waals surface area (Å²) in [6.45, 7) is 1.41. The van der Waals surface area contributed by atoms with Crippen LogP contribution in [0.2, 0.25) is 0 Å². The predicted octanol–water partition coefficient (Wildman–Crippen LogP) is 4.41. The second-order valence-electron chi connectivity index (χ2n) is 5.17. The molecule has 1 heterocycles. The molecule has 1 aliphatic rings. The number of carbonyl (C=O) groups excluding carboxylic acids is 2. The van der Waals surface area contributed by atoms with Crippen molar-refractivity contribution in [2.45, 2.75) is 6.92 Å². The molecule has 0 radical (unpaired) electrons. The van der Waals surface area contributed by atoms with E-state index < -0.39 is 5.97 Å². The lowest BCUT2D eigenvalue weighted by atomic mass is 10.2. The van der Waals surface area contributed by atoms with Gasteiger partial charge in [0.15, 0.2) is 5.70 Å². The van der Waals surface area contributed by atoms with E-state index in [0.717, 1.165) is 4.47 Å². The van der Waals surface area contributed by atoms with Gasteiger partial charge in [-0.05, 0) is 46.3 Å². The Balaban J connectivity index is 1.99. The molecule has 3 rings (SSSR count). The minimum Gasteiger partial charge on any atom is -0.402 e. The lowest BCUT2D eigenvalue weighted by molar-refractivity contribution is -0.130. The lowest BCUT2D eigenvalue weighted by Gasteiger charge is -2.18. The molecule has 0 saturated heterocycles. The Kier molecular flexibility index (Phi) is 5.15. The molecule has 0 atom stereocenters. The smallest absolute Gasteiger partial charge is 0.365 e. The molecule has 25 heavy (non-hydrogen) atoms. The van der Waals surface area contributed by atoms with Crippen molar-refractivity contribution < 1.29 is 14.3 Å². The largest absolute Gasteiger partial charge is 0.402 e. The highest BCUT2D eigenvalue weighted by Crippen LogP contribution is 2.30. The van der Waals surface area contributed by atoms with Crippen LogP contribution in [0.25, 0.3) is 0 Å². The number of halogens is 2. The van der Waals surface area contributed by atoms with E-state index in [1.54, 1.807) is 24.3 Å². The summed E-state index contributed by atoms with van der Waals surface area (Å²) in [4.78, 5) is 29.8. The molecule has 0 N–H and O–H groups in total. The van der Waals surface area contributed by atoms with Crippen LogP contribution in [0.1, 0.15) is 12.5 Å². The third-order valence-corrected chi connectivity index (χ3v) is 4.53. The number of benzene rings is 2. The summed E-state index contributed by atoms with van der Waals surface area (Å²) in [7, 11) is 0. The highest BCUT2D eigenvalue weighted by Gasteiger charge is 2.26. The third-order valence-electron chi connectivity index (χ3n) is 3.40. The van der Waals surface area contributed by atoms with Crippen molar-refractivity contribution in [3.05, 3.63) is 74.9 Å². The van der Waals surface area contributed by atoms with E-state index in [4.69, 9.17) is 4.74 Å². The fourth-order valence-corrected chi connectivity index (χ4v) is 3.47. The number of aliphatic imine (C=N–C) groups is 1. The Morgan fingerprint density at radius 3 is 2.52 bits per heavy atom. The van der Waals surface area contributed by atoms with Gasteiger partial charge in [-0.3, -0.25) is 9.69 Å². The summed E-state index contributed by atoms with van der Waals surface area (Å²) >= 11 is 6.79. The number of ether oxygens (including phenoxy) is 1. The minimum absolute atomic E-state index is 0.0591. The number of hydrogen-bond acceptors (Lipinski definition) is 4. The maximum absolute atomic E-state index is 12.1. The van der Waals surface area contributed by atoms with E-state index in [9.17, 15) is 9.59 Å². The van der Waals surface area contributed by atoms with Crippen LogP contribution in [0.4, 0.5) is 5.69 Å². The highest BCUT2D eigenvalue weighted by molar-refractivity contribution is 9.11. The van der Waals surface area contributed by atoms with Gasteiger partial charge < -0.3 is 4.74 Å². The van der Waals surface area contributed by atoms with E-state index in [1.165, 1.54) is 18.0 Å². The van der Waals surface area contributed by atoms with Gasteiger partial charge in [-0.15, -0.1) is 0 Å². The van der Waals surface area contributed by atoms with Gasteiger partial charge in [0.05, 0.1) is 5.69 Å². The third kappa shape index (κ3) is 3.88. The van der Waals surface area contributed by atoms with E-state index in [-0.39, 0.29) is 17.5 Å². The van der Waals surface area contributed by atoms with Crippen molar-refractivity contribution in [2.24, 2.45) is 4.99 Å². The Bertz CT molecular complexity index is 908. The van der Waals surface area contributed by atoms with Gasteiger partial charge in [-0.2, -0.15) is 0 Å². The molecule has 7 heteroatoms. The maximum atomic E-state index is 12.1. The highest BCUT2D eigenvalue weighted by atomic mass is 79.9. The number of carbonyl (C=O) groups is 2. The monoisotopic (exact) mass is 462 g/mol. The van der Waals surface area contributed by atoms with Gasteiger partial charge in [0.2, 0.25) is 11.8 Å². The standard InChI is InChI=1S/C18H12Br2N2O3/c1-11(23)22(16-8-7-13(19)9-14(16)20)10-15-18(24)25-17(21-15)12-5-3-2-4-6-12/h2-10H,1H3/b15-10-. The Labute approximate surface area is 161 Å². The Morgan fingerprint density at radius 1 is 1.16 bits per heavy atom. The molecular weight excluding hydrogens is 452 g/mol. The van der Waals surface area contributed by atoms with Crippen molar-refractivity contribution in [1.29, 1.82) is 0 Å². The van der Waals surface area contributed by atoms with Crippen LogP contribution in [0.3, 0.4) is 0 Å². The number of anilines is 1. The predicted molar refractivity (Wildman–Crippen MR) is 102 cm³/mol. The molecule has 0 saturated carbocycles. The first-order valence-corrected chi connectivity index (χ1v) is 8.87. The first-order valence-electron chi connectivity index (χ1n) is 7.28. The molecule has 2 aromatic rings. The zero-order chi connectivity index (χ0) is 18.0. The molecule has 126 valence electrons. The number of cyclic esters (lactones) is 1. The van der Waals surface area contributed by atoms with Gasteiger partial charge in [-0.1, -0.05) is 34.1 Å². The zero-order valence-electron chi connectivity index (χ0n) is 13.1. The maximum Gasteiger partial charge on any atom is 0.365 e. The van der Waals surface area contributed by atoms with Crippen LogP contribution >= 0.6 is 31.9 Å². The summed E-state index contributed by atoms with van der Waals surface area (Å²) < 4.78 is 6.78. The molecule has 0 fully saturated rings. The fraction of sp³-hybridized carbons (Fsp3) is 0.0556.